The lowest BCUT2D eigenvalue weighted by Gasteiger charge is -2.10. The summed E-state index contributed by atoms with van der Waals surface area (Å²) in [6.45, 7) is 0. The number of aromatic nitrogens is 1. The lowest BCUT2D eigenvalue weighted by molar-refractivity contribution is 0.425. The Hall–Kier alpha value is -1.39. The zero-order chi connectivity index (χ0) is 11.1. The highest BCUT2D eigenvalue weighted by molar-refractivity contribution is 6.59. The normalized spacial score (nSPS) is 15.4. The summed E-state index contributed by atoms with van der Waals surface area (Å²) in [6, 6.07) is 7.86. The zero-order valence-electron chi connectivity index (χ0n) is 8.80. The number of para-hydroxylation sites is 1. The van der Waals surface area contributed by atoms with Crippen molar-refractivity contribution < 1.29 is 10.0 Å². The van der Waals surface area contributed by atoms with Crippen LogP contribution < -0.4 is 5.46 Å². The van der Waals surface area contributed by atoms with E-state index in [0.717, 1.165) is 29.3 Å². The maximum absolute atomic E-state index is 9.36. The van der Waals surface area contributed by atoms with Crippen molar-refractivity contribution in [3.63, 3.8) is 0 Å². The van der Waals surface area contributed by atoms with Crippen LogP contribution in [0.1, 0.15) is 24.3 Å². The summed E-state index contributed by atoms with van der Waals surface area (Å²) >= 11 is 0. The molecular weight excluding hydrogens is 201 g/mol. The maximum Gasteiger partial charge on any atom is 0.490 e. The van der Waals surface area contributed by atoms with Crippen LogP contribution in [0.25, 0.3) is 10.9 Å². The first-order valence-corrected chi connectivity index (χ1v) is 5.51. The molecule has 0 radical (unpaired) electrons. The van der Waals surface area contributed by atoms with E-state index in [-0.39, 0.29) is 0 Å². The standard InChI is InChI=1S/C12H12BNO2/c15-13(16)10-7-14-11-4-2-1-3-9(11)12(10)8-5-6-8/h1-4,7-8,15-16H,5-6H2. The molecule has 1 aliphatic rings. The molecule has 0 atom stereocenters. The smallest absolute Gasteiger partial charge is 0.423 e. The Balaban J connectivity index is 2.31. The van der Waals surface area contributed by atoms with E-state index in [2.05, 4.69) is 4.98 Å². The largest absolute Gasteiger partial charge is 0.490 e. The molecule has 0 spiro atoms. The first-order valence-electron chi connectivity index (χ1n) is 5.51. The molecule has 4 heteroatoms. The number of benzene rings is 1. The van der Waals surface area contributed by atoms with Gasteiger partial charge in [-0.1, -0.05) is 18.2 Å². The topological polar surface area (TPSA) is 53.4 Å². The molecule has 1 saturated carbocycles. The Morgan fingerprint density at radius 2 is 1.94 bits per heavy atom. The lowest BCUT2D eigenvalue weighted by Crippen LogP contribution is -2.33. The van der Waals surface area contributed by atoms with Crippen molar-refractivity contribution in [2.75, 3.05) is 0 Å². The molecule has 0 bridgehead atoms. The number of fused-ring (bicyclic) bond motifs is 1. The molecule has 1 heterocycles. The van der Waals surface area contributed by atoms with Crippen LogP contribution in [0.2, 0.25) is 0 Å². The third-order valence-electron chi connectivity index (χ3n) is 3.11. The quantitative estimate of drug-likeness (QED) is 0.725. The van der Waals surface area contributed by atoms with Gasteiger partial charge in [0.25, 0.3) is 0 Å². The fourth-order valence-electron chi connectivity index (χ4n) is 2.21. The second-order valence-corrected chi connectivity index (χ2v) is 4.29. The fraction of sp³-hybridized carbons (Fsp3) is 0.250. The summed E-state index contributed by atoms with van der Waals surface area (Å²) in [7, 11) is -1.42. The highest BCUT2D eigenvalue weighted by Gasteiger charge is 2.31. The molecule has 2 aromatic rings. The molecule has 0 aliphatic heterocycles. The number of nitrogens with zero attached hydrogens (tertiary/aromatic N) is 1. The molecule has 3 nitrogen and oxygen atoms in total. The Morgan fingerprint density at radius 1 is 1.19 bits per heavy atom. The second kappa shape index (κ2) is 3.58. The van der Waals surface area contributed by atoms with Gasteiger partial charge in [0.2, 0.25) is 0 Å². The lowest BCUT2D eigenvalue weighted by atomic mass is 9.76. The molecular formula is C12H12BNO2. The van der Waals surface area contributed by atoms with Crippen LogP contribution in [0.15, 0.2) is 30.5 Å². The summed E-state index contributed by atoms with van der Waals surface area (Å²) in [4.78, 5) is 4.25. The molecule has 1 fully saturated rings. The molecule has 80 valence electrons. The molecule has 1 aliphatic carbocycles. The first-order chi connectivity index (χ1) is 7.77. The van der Waals surface area contributed by atoms with Gasteiger partial charge in [-0.2, -0.15) is 0 Å². The van der Waals surface area contributed by atoms with Crippen LogP contribution in [-0.4, -0.2) is 22.2 Å². The minimum atomic E-state index is -1.42. The van der Waals surface area contributed by atoms with Gasteiger partial charge in [-0.25, -0.2) is 0 Å². The maximum atomic E-state index is 9.36. The van der Waals surface area contributed by atoms with Gasteiger partial charge < -0.3 is 10.0 Å². The number of hydrogen-bond donors (Lipinski definition) is 2. The van der Waals surface area contributed by atoms with E-state index in [1.54, 1.807) is 6.20 Å². The SMILES string of the molecule is OB(O)c1cnc2ccccc2c1C1CC1. The van der Waals surface area contributed by atoms with Crippen molar-refractivity contribution in [2.24, 2.45) is 0 Å². The number of rotatable bonds is 2. The van der Waals surface area contributed by atoms with Crippen molar-refractivity contribution >= 4 is 23.5 Å². The summed E-state index contributed by atoms with van der Waals surface area (Å²) in [5.74, 6) is 0.477. The average molecular weight is 213 g/mol. The van der Waals surface area contributed by atoms with Gasteiger partial charge in [0.1, 0.15) is 0 Å². The summed E-state index contributed by atoms with van der Waals surface area (Å²) in [5, 5.41) is 19.8. The highest BCUT2D eigenvalue weighted by atomic mass is 16.4. The van der Waals surface area contributed by atoms with Gasteiger partial charge >= 0.3 is 7.12 Å². The minimum absolute atomic E-state index is 0.477. The van der Waals surface area contributed by atoms with Crippen LogP contribution in [-0.2, 0) is 0 Å². The summed E-state index contributed by atoms with van der Waals surface area (Å²) in [5.41, 5.74) is 2.55. The van der Waals surface area contributed by atoms with E-state index in [1.807, 2.05) is 24.3 Å². The van der Waals surface area contributed by atoms with Gasteiger partial charge in [-0.15, -0.1) is 0 Å². The molecule has 2 N–H and O–H groups in total. The summed E-state index contributed by atoms with van der Waals surface area (Å²) < 4.78 is 0. The predicted molar refractivity (Wildman–Crippen MR) is 63.5 cm³/mol. The molecule has 0 unspecified atom stereocenters. The van der Waals surface area contributed by atoms with Crippen molar-refractivity contribution in [3.8, 4) is 0 Å². The van der Waals surface area contributed by atoms with Crippen LogP contribution in [0.3, 0.4) is 0 Å². The monoisotopic (exact) mass is 213 g/mol. The van der Waals surface area contributed by atoms with E-state index in [9.17, 15) is 10.0 Å². The van der Waals surface area contributed by atoms with E-state index >= 15 is 0 Å². The second-order valence-electron chi connectivity index (χ2n) is 4.29. The van der Waals surface area contributed by atoms with Gasteiger partial charge in [-0.3, -0.25) is 4.98 Å². The van der Waals surface area contributed by atoms with E-state index in [4.69, 9.17) is 0 Å². The van der Waals surface area contributed by atoms with Gasteiger partial charge in [0.05, 0.1) is 5.52 Å². The van der Waals surface area contributed by atoms with E-state index < -0.39 is 7.12 Å². The van der Waals surface area contributed by atoms with E-state index in [1.165, 1.54) is 0 Å². The molecule has 0 saturated heterocycles. The first kappa shape index (κ1) is 9.81. The van der Waals surface area contributed by atoms with E-state index in [0.29, 0.717) is 11.4 Å². The zero-order valence-corrected chi connectivity index (χ0v) is 8.80. The van der Waals surface area contributed by atoms with Gasteiger partial charge in [-0.05, 0) is 30.4 Å². The Kier molecular flexibility index (Phi) is 2.19. The number of hydrogen-bond acceptors (Lipinski definition) is 3. The van der Waals surface area contributed by atoms with Gasteiger partial charge in [0.15, 0.2) is 0 Å². The van der Waals surface area contributed by atoms with Crippen molar-refractivity contribution in [3.05, 3.63) is 36.0 Å². The molecule has 0 amide bonds. The Labute approximate surface area is 93.9 Å². The molecule has 3 rings (SSSR count). The van der Waals surface area contributed by atoms with Crippen LogP contribution in [0, 0.1) is 0 Å². The van der Waals surface area contributed by atoms with Crippen LogP contribution in [0.5, 0.6) is 0 Å². The van der Waals surface area contributed by atoms with Crippen molar-refractivity contribution in [1.29, 1.82) is 0 Å². The predicted octanol–water partition coefficient (Wildman–Crippen LogP) is 0.792. The third-order valence-corrected chi connectivity index (χ3v) is 3.11. The number of pyridine rings is 1. The molecule has 1 aromatic heterocycles. The van der Waals surface area contributed by atoms with Crippen molar-refractivity contribution in [2.45, 2.75) is 18.8 Å². The van der Waals surface area contributed by atoms with Gasteiger partial charge in [0, 0.05) is 17.0 Å². The third kappa shape index (κ3) is 1.51. The highest BCUT2D eigenvalue weighted by Crippen LogP contribution is 2.41. The van der Waals surface area contributed by atoms with Crippen molar-refractivity contribution in [1.82, 2.24) is 4.98 Å². The fourth-order valence-corrected chi connectivity index (χ4v) is 2.21. The minimum Gasteiger partial charge on any atom is -0.423 e. The Morgan fingerprint density at radius 3 is 2.62 bits per heavy atom. The molecule has 1 aromatic carbocycles. The summed E-state index contributed by atoms with van der Waals surface area (Å²) in [6.07, 6.45) is 3.85. The van der Waals surface area contributed by atoms with Crippen LogP contribution >= 0.6 is 0 Å². The average Bonchev–Trinajstić information content (AvgIpc) is 3.11. The Bertz CT molecular complexity index is 538. The van der Waals surface area contributed by atoms with Crippen LogP contribution in [0.4, 0.5) is 0 Å². The molecule has 16 heavy (non-hydrogen) atoms.